The Balaban J connectivity index is 1.28. The molecular formula is C30H37N5O2. The van der Waals surface area contributed by atoms with Gasteiger partial charge in [-0.1, -0.05) is 12.1 Å². The van der Waals surface area contributed by atoms with Crippen LogP contribution >= 0.6 is 0 Å². The Bertz CT molecular complexity index is 1090. The van der Waals surface area contributed by atoms with Gasteiger partial charge in [-0.2, -0.15) is 10.5 Å². The number of piperidine rings is 1. The lowest BCUT2D eigenvalue weighted by atomic mass is 9.77. The molecule has 2 heterocycles. The summed E-state index contributed by atoms with van der Waals surface area (Å²) in [5, 5.41) is 17.9. The van der Waals surface area contributed by atoms with Crippen molar-refractivity contribution >= 4 is 11.6 Å². The van der Waals surface area contributed by atoms with Crippen LogP contribution in [0.1, 0.15) is 54.9 Å². The lowest BCUT2D eigenvalue weighted by molar-refractivity contribution is 0.0588. The van der Waals surface area contributed by atoms with Crippen molar-refractivity contribution in [2.24, 2.45) is 5.41 Å². The molecule has 7 nitrogen and oxygen atoms in total. The van der Waals surface area contributed by atoms with Crippen molar-refractivity contribution in [3.05, 3.63) is 59.7 Å². The molecule has 0 saturated carbocycles. The minimum absolute atomic E-state index is 0.117. The summed E-state index contributed by atoms with van der Waals surface area (Å²) in [6.45, 7) is 8.58. The zero-order valence-corrected chi connectivity index (χ0v) is 21.9. The topological polar surface area (TPSA) is 83.6 Å². The molecule has 4 rings (SSSR count). The van der Waals surface area contributed by atoms with Crippen LogP contribution in [0, 0.1) is 28.1 Å². The summed E-state index contributed by atoms with van der Waals surface area (Å²) in [5.74, 6) is 0.916. The molecule has 0 aromatic heterocycles. The predicted octanol–water partition coefficient (Wildman–Crippen LogP) is 4.85. The van der Waals surface area contributed by atoms with E-state index >= 15 is 0 Å². The van der Waals surface area contributed by atoms with Gasteiger partial charge in [0.05, 0.1) is 31.6 Å². The van der Waals surface area contributed by atoms with Gasteiger partial charge in [-0.15, -0.1) is 0 Å². The van der Waals surface area contributed by atoms with E-state index in [0.717, 1.165) is 62.6 Å². The number of hydrogen-bond acceptors (Lipinski definition) is 6. The van der Waals surface area contributed by atoms with E-state index in [9.17, 15) is 4.79 Å². The Labute approximate surface area is 220 Å². The van der Waals surface area contributed by atoms with Crippen molar-refractivity contribution in [3.8, 4) is 17.9 Å². The molecule has 0 bridgehead atoms. The van der Waals surface area contributed by atoms with Gasteiger partial charge < -0.3 is 14.5 Å². The van der Waals surface area contributed by atoms with Gasteiger partial charge in [0.15, 0.2) is 0 Å². The Morgan fingerprint density at radius 3 is 2.16 bits per heavy atom. The SMILES string of the molecule is CCOc1ccc(C(=O)N2CCC3(CCN(Cc4ccc(N(CCC#N)CCC#N)cc4)C3)CC2)cc1. The van der Waals surface area contributed by atoms with Crippen LogP contribution < -0.4 is 9.64 Å². The van der Waals surface area contributed by atoms with Crippen LogP contribution in [0.3, 0.4) is 0 Å². The van der Waals surface area contributed by atoms with Crippen LogP contribution in [0.5, 0.6) is 5.75 Å². The average molecular weight is 500 g/mol. The minimum atomic E-state index is 0.117. The molecule has 2 aliphatic rings. The van der Waals surface area contributed by atoms with E-state index in [0.29, 0.717) is 38.0 Å². The van der Waals surface area contributed by atoms with E-state index in [1.165, 1.54) is 12.0 Å². The van der Waals surface area contributed by atoms with Gasteiger partial charge in [-0.25, -0.2) is 0 Å². The third kappa shape index (κ3) is 6.81. The Morgan fingerprint density at radius 2 is 1.57 bits per heavy atom. The molecule has 194 valence electrons. The summed E-state index contributed by atoms with van der Waals surface area (Å²) < 4.78 is 5.49. The monoisotopic (exact) mass is 499 g/mol. The highest BCUT2D eigenvalue weighted by atomic mass is 16.5. The molecule has 2 aromatic rings. The average Bonchev–Trinajstić information content (AvgIpc) is 3.31. The smallest absolute Gasteiger partial charge is 0.253 e. The zero-order chi connectivity index (χ0) is 26.1. The normalized spacial score (nSPS) is 16.8. The van der Waals surface area contributed by atoms with E-state index in [1.807, 2.05) is 36.1 Å². The first-order valence-electron chi connectivity index (χ1n) is 13.4. The number of hydrogen-bond donors (Lipinski definition) is 0. The number of benzene rings is 2. The van der Waals surface area contributed by atoms with Gasteiger partial charge >= 0.3 is 0 Å². The van der Waals surface area contributed by atoms with Gasteiger partial charge in [-0.05, 0) is 80.1 Å². The van der Waals surface area contributed by atoms with Crippen LogP contribution in [0.25, 0.3) is 0 Å². The van der Waals surface area contributed by atoms with Crippen LogP contribution in [0.2, 0.25) is 0 Å². The largest absolute Gasteiger partial charge is 0.494 e. The second kappa shape index (κ2) is 12.6. The minimum Gasteiger partial charge on any atom is -0.494 e. The lowest BCUT2D eigenvalue weighted by Crippen LogP contribution is -2.44. The molecule has 7 heteroatoms. The second-order valence-corrected chi connectivity index (χ2v) is 10.2. The number of nitrogens with zero attached hydrogens (tertiary/aromatic N) is 5. The Hall–Kier alpha value is -3.55. The molecule has 0 unspecified atom stereocenters. The molecule has 2 aliphatic heterocycles. The van der Waals surface area contributed by atoms with Crippen molar-refractivity contribution in [1.29, 1.82) is 10.5 Å². The molecule has 2 saturated heterocycles. The molecule has 0 aliphatic carbocycles. The molecule has 0 N–H and O–H groups in total. The van der Waals surface area contributed by atoms with E-state index in [2.05, 4.69) is 46.2 Å². The van der Waals surface area contributed by atoms with Crippen LogP contribution in [0.15, 0.2) is 48.5 Å². The molecule has 0 atom stereocenters. The fourth-order valence-corrected chi connectivity index (χ4v) is 5.61. The molecule has 37 heavy (non-hydrogen) atoms. The highest BCUT2D eigenvalue weighted by Crippen LogP contribution is 2.41. The third-order valence-corrected chi connectivity index (χ3v) is 7.74. The summed E-state index contributed by atoms with van der Waals surface area (Å²) in [7, 11) is 0. The van der Waals surface area contributed by atoms with Crippen LogP contribution in [-0.2, 0) is 6.54 Å². The summed E-state index contributed by atoms with van der Waals surface area (Å²) in [4.78, 5) is 19.7. The van der Waals surface area contributed by atoms with Gasteiger partial charge in [-0.3, -0.25) is 9.69 Å². The van der Waals surface area contributed by atoms with E-state index in [1.54, 1.807) is 0 Å². The highest BCUT2D eigenvalue weighted by molar-refractivity contribution is 5.94. The Morgan fingerprint density at radius 1 is 0.946 bits per heavy atom. The molecule has 1 spiro atoms. The summed E-state index contributed by atoms with van der Waals surface area (Å²) in [5.41, 5.74) is 3.39. The number of rotatable bonds is 10. The number of amides is 1. The number of likely N-dealkylation sites (tertiary alicyclic amines) is 2. The first kappa shape index (κ1) is 26.5. The van der Waals surface area contributed by atoms with E-state index < -0.39 is 0 Å². The van der Waals surface area contributed by atoms with Gasteiger partial charge in [0.1, 0.15) is 5.75 Å². The quantitative estimate of drug-likeness (QED) is 0.465. The van der Waals surface area contributed by atoms with E-state index in [4.69, 9.17) is 15.3 Å². The van der Waals surface area contributed by atoms with Crippen molar-refractivity contribution < 1.29 is 9.53 Å². The second-order valence-electron chi connectivity index (χ2n) is 10.2. The fourth-order valence-electron chi connectivity index (χ4n) is 5.61. The lowest BCUT2D eigenvalue weighted by Gasteiger charge is -2.39. The van der Waals surface area contributed by atoms with Crippen molar-refractivity contribution in [3.63, 3.8) is 0 Å². The number of ether oxygens (including phenoxy) is 1. The molecule has 0 radical (unpaired) electrons. The summed E-state index contributed by atoms with van der Waals surface area (Å²) in [6, 6.07) is 20.4. The number of carbonyl (C=O) groups is 1. The maximum atomic E-state index is 13.0. The fraction of sp³-hybridized carbons (Fsp3) is 0.500. The van der Waals surface area contributed by atoms with Gasteiger partial charge in [0.2, 0.25) is 0 Å². The summed E-state index contributed by atoms with van der Waals surface area (Å²) in [6.07, 6.45) is 4.20. The van der Waals surface area contributed by atoms with Crippen molar-refractivity contribution in [1.82, 2.24) is 9.80 Å². The standard InChI is InChI=1S/C30H37N5O2/c1-2-37-28-11-7-26(8-12-28)29(36)35-21-14-30(15-22-35)13-20-33(24-30)23-25-5-9-27(10-6-25)34(18-3-16-31)19-4-17-32/h5-12H,2-4,13-15,18-24H2,1H3. The molecule has 2 aromatic carbocycles. The summed E-state index contributed by atoms with van der Waals surface area (Å²) >= 11 is 0. The van der Waals surface area contributed by atoms with Crippen LogP contribution in [-0.4, -0.2) is 61.6 Å². The maximum absolute atomic E-state index is 13.0. The Kier molecular flexibility index (Phi) is 9.04. The number of carbonyl (C=O) groups excluding carboxylic acids is 1. The number of nitriles is 2. The molecular weight excluding hydrogens is 462 g/mol. The van der Waals surface area contributed by atoms with Crippen molar-refractivity contribution in [2.45, 2.75) is 45.6 Å². The molecule has 2 fully saturated rings. The van der Waals surface area contributed by atoms with Gasteiger partial charge in [0, 0.05) is 50.5 Å². The first-order chi connectivity index (χ1) is 18.1. The highest BCUT2D eigenvalue weighted by Gasteiger charge is 2.41. The van der Waals surface area contributed by atoms with Crippen LogP contribution in [0.4, 0.5) is 5.69 Å². The molecule has 1 amide bonds. The van der Waals surface area contributed by atoms with E-state index in [-0.39, 0.29) is 5.91 Å². The van der Waals surface area contributed by atoms with Crippen molar-refractivity contribution in [2.75, 3.05) is 50.8 Å². The van der Waals surface area contributed by atoms with Gasteiger partial charge in [0.25, 0.3) is 5.91 Å². The maximum Gasteiger partial charge on any atom is 0.253 e. The predicted molar refractivity (Wildman–Crippen MR) is 144 cm³/mol. The third-order valence-electron chi connectivity index (χ3n) is 7.74. The first-order valence-corrected chi connectivity index (χ1v) is 13.4. The zero-order valence-electron chi connectivity index (χ0n) is 21.9. The number of anilines is 1.